The summed E-state index contributed by atoms with van der Waals surface area (Å²) in [6.07, 6.45) is 0. The zero-order chi connectivity index (χ0) is 12.4. The van der Waals surface area contributed by atoms with Crippen LogP contribution < -0.4 is 4.84 Å². The van der Waals surface area contributed by atoms with Crippen molar-refractivity contribution in [2.75, 3.05) is 0 Å². The third-order valence-electron chi connectivity index (χ3n) is 2.54. The topological polar surface area (TPSA) is 57.0 Å². The predicted molar refractivity (Wildman–Crippen MR) is 61.6 cm³/mol. The molecule has 88 valence electrons. The van der Waals surface area contributed by atoms with Gasteiger partial charge in [0, 0.05) is 0 Å². The van der Waals surface area contributed by atoms with Crippen molar-refractivity contribution in [3.63, 3.8) is 0 Å². The highest BCUT2D eigenvalue weighted by Crippen LogP contribution is 2.05. The number of nitrogens with zero attached hydrogens (tertiary/aromatic N) is 3. The lowest BCUT2D eigenvalue weighted by atomic mass is 10.2. The highest BCUT2D eigenvalue weighted by atomic mass is 16.7. The zero-order valence-electron chi connectivity index (χ0n) is 9.97. The molecular formula is C12H13N3O2. The van der Waals surface area contributed by atoms with E-state index in [1.165, 1.54) is 0 Å². The molecule has 2 rings (SSSR count). The molecule has 0 amide bonds. The zero-order valence-corrected chi connectivity index (χ0v) is 9.97. The van der Waals surface area contributed by atoms with Crippen LogP contribution in [0.2, 0.25) is 0 Å². The molecule has 0 aliphatic rings. The van der Waals surface area contributed by atoms with Gasteiger partial charge in [-0.3, -0.25) is 0 Å². The van der Waals surface area contributed by atoms with Crippen LogP contribution >= 0.6 is 0 Å². The second-order valence-electron chi connectivity index (χ2n) is 3.88. The average molecular weight is 231 g/mol. The number of rotatable bonds is 2. The van der Waals surface area contributed by atoms with Gasteiger partial charge < -0.3 is 4.84 Å². The van der Waals surface area contributed by atoms with Gasteiger partial charge in [-0.2, -0.15) is 0 Å². The molecule has 0 saturated heterocycles. The minimum absolute atomic E-state index is 0.446. The van der Waals surface area contributed by atoms with Crippen molar-refractivity contribution >= 4 is 5.97 Å². The maximum Gasteiger partial charge on any atom is 0.365 e. The molecule has 5 nitrogen and oxygen atoms in total. The fourth-order valence-electron chi connectivity index (χ4n) is 1.29. The maximum absolute atomic E-state index is 11.8. The number of hydrogen-bond acceptors (Lipinski definition) is 4. The van der Waals surface area contributed by atoms with Gasteiger partial charge in [-0.05, 0) is 38.1 Å². The number of carbonyl (C=O) groups is 1. The summed E-state index contributed by atoms with van der Waals surface area (Å²) >= 11 is 0. The summed E-state index contributed by atoms with van der Waals surface area (Å²) in [7, 11) is 0. The summed E-state index contributed by atoms with van der Waals surface area (Å²) in [6.45, 7) is 5.55. The monoisotopic (exact) mass is 231 g/mol. The van der Waals surface area contributed by atoms with Crippen LogP contribution in [0.3, 0.4) is 0 Å². The molecule has 1 aromatic heterocycles. The van der Waals surface area contributed by atoms with E-state index in [0.29, 0.717) is 11.3 Å². The molecular weight excluding hydrogens is 218 g/mol. The largest absolute Gasteiger partial charge is 0.365 e. The summed E-state index contributed by atoms with van der Waals surface area (Å²) in [6, 6.07) is 7.15. The molecule has 0 aliphatic heterocycles. The van der Waals surface area contributed by atoms with E-state index < -0.39 is 5.97 Å². The predicted octanol–water partition coefficient (Wildman–Crippen LogP) is 1.47. The van der Waals surface area contributed by atoms with Crippen LogP contribution in [-0.2, 0) is 0 Å². The molecule has 0 atom stereocenters. The first-order valence-corrected chi connectivity index (χ1v) is 5.26. The van der Waals surface area contributed by atoms with Gasteiger partial charge in [0.05, 0.1) is 11.3 Å². The van der Waals surface area contributed by atoms with Crippen molar-refractivity contribution in [3.8, 4) is 0 Å². The van der Waals surface area contributed by atoms with Crippen molar-refractivity contribution < 1.29 is 9.63 Å². The molecule has 5 heteroatoms. The molecule has 0 fully saturated rings. The van der Waals surface area contributed by atoms with Gasteiger partial charge in [-0.1, -0.05) is 22.5 Å². The molecule has 0 unspecified atom stereocenters. The fourth-order valence-corrected chi connectivity index (χ4v) is 1.29. The van der Waals surface area contributed by atoms with E-state index in [0.717, 1.165) is 16.1 Å². The second kappa shape index (κ2) is 4.37. The lowest BCUT2D eigenvalue weighted by Gasteiger charge is -2.04. The van der Waals surface area contributed by atoms with Crippen molar-refractivity contribution in [3.05, 3.63) is 46.8 Å². The molecule has 0 spiro atoms. The van der Waals surface area contributed by atoms with Crippen LogP contribution in [0, 0.1) is 20.8 Å². The quantitative estimate of drug-likeness (QED) is 0.734. The van der Waals surface area contributed by atoms with E-state index in [1.54, 1.807) is 26.0 Å². The lowest BCUT2D eigenvalue weighted by molar-refractivity contribution is 0.0371. The third-order valence-corrected chi connectivity index (χ3v) is 2.54. The molecule has 0 saturated carbocycles. The van der Waals surface area contributed by atoms with Crippen LogP contribution in [0.5, 0.6) is 0 Å². The first-order chi connectivity index (χ1) is 8.08. The Hall–Kier alpha value is -2.17. The Morgan fingerprint density at radius 2 is 1.82 bits per heavy atom. The third kappa shape index (κ3) is 2.33. The van der Waals surface area contributed by atoms with E-state index in [1.807, 2.05) is 19.1 Å². The van der Waals surface area contributed by atoms with Gasteiger partial charge in [0.25, 0.3) is 0 Å². The number of aromatic nitrogens is 3. The first kappa shape index (κ1) is 11.3. The molecule has 1 heterocycles. The Balaban J connectivity index is 2.17. The molecule has 17 heavy (non-hydrogen) atoms. The van der Waals surface area contributed by atoms with Crippen molar-refractivity contribution in [1.82, 2.24) is 15.2 Å². The van der Waals surface area contributed by atoms with Crippen LogP contribution in [0.25, 0.3) is 0 Å². The molecule has 0 N–H and O–H groups in total. The summed E-state index contributed by atoms with van der Waals surface area (Å²) in [5.41, 5.74) is 3.03. The van der Waals surface area contributed by atoms with Gasteiger partial charge >= 0.3 is 5.97 Å². The normalized spacial score (nSPS) is 10.3. The lowest BCUT2D eigenvalue weighted by Crippen LogP contribution is -2.22. The average Bonchev–Trinajstić information content (AvgIpc) is 2.62. The van der Waals surface area contributed by atoms with E-state index in [4.69, 9.17) is 4.84 Å². The van der Waals surface area contributed by atoms with Crippen LogP contribution in [0.1, 0.15) is 27.3 Å². The van der Waals surface area contributed by atoms with Gasteiger partial charge in [0.1, 0.15) is 5.69 Å². The molecule has 2 aromatic rings. The van der Waals surface area contributed by atoms with Gasteiger partial charge in [0.2, 0.25) is 0 Å². The number of aryl methyl sites for hydroxylation is 2. The van der Waals surface area contributed by atoms with E-state index in [9.17, 15) is 4.79 Å². The summed E-state index contributed by atoms with van der Waals surface area (Å²) in [4.78, 5) is 18.0. The minimum atomic E-state index is -0.446. The first-order valence-electron chi connectivity index (χ1n) is 5.26. The van der Waals surface area contributed by atoms with Crippen molar-refractivity contribution in [2.45, 2.75) is 20.8 Å². The summed E-state index contributed by atoms with van der Waals surface area (Å²) in [5, 5.41) is 7.53. The number of benzene rings is 1. The molecule has 1 aromatic carbocycles. The highest BCUT2D eigenvalue weighted by molar-refractivity contribution is 5.89. The fraction of sp³-hybridized carbons (Fsp3) is 0.250. The van der Waals surface area contributed by atoms with E-state index >= 15 is 0 Å². The summed E-state index contributed by atoms with van der Waals surface area (Å²) in [5.74, 6) is -0.446. The van der Waals surface area contributed by atoms with Crippen molar-refractivity contribution in [2.24, 2.45) is 0 Å². The molecule has 0 radical (unpaired) electrons. The van der Waals surface area contributed by atoms with Crippen LogP contribution in [0.15, 0.2) is 24.3 Å². The maximum atomic E-state index is 11.8. The molecule has 0 bridgehead atoms. The standard InChI is InChI=1S/C12H13N3O2/c1-8-4-6-11(7-5-8)12(16)17-15-10(3)9(2)13-14-15/h4-7H,1-3H3. The second-order valence-corrected chi connectivity index (χ2v) is 3.88. The van der Waals surface area contributed by atoms with Gasteiger partial charge in [-0.15, -0.1) is 5.10 Å². The summed E-state index contributed by atoms with van der Waals surface area (Å²) < 4.78 is 0. The van der Waals surface area contributed by atoms with Crippen LogP contribution in [-0.4, -0.2) is 21.1 Å². The SMILES string of the molecule is Cc1ccc(C(=O)On2nnc(C)c2C)cc1. The number of hydrogen-bond donors (Lipinski definition) is 0. The van der Waals surface area contributed by atoms with Crippen molar-refractivity contribution in [1.29, 1.82) is 0 Å². The van der Waals surface area contributed by atoms with E-state index in [-0.39, 0.29) is 0 Å². The Labute approximate surface area is 99.0 Å². The van der Waals surface area contributed by atoms with Gasteiger partial charge in [-0.25, -0.2) is 4.79 Å². The van der Waals surface area contributed by atoms with Gasteiger partial charge in [0.15, 0.2) is 0 Å². The minimum Gasteiger partial charge on any atom is -0.312 e. The Kier molecular flexibility index (Phi) is 2.91. The molecule has 0 aliphatic carbocycles. The van der Waals surface area contributed by atoms with E-state index in [2.05, 4.69) is 10.3 Å². The Morgan fingerprint density at radius 3 is 2.35 bits per heavy atom. The smallest absolute Gasteiger partial charge is 0.312 e. The number of carbonyl (C=O) groups excluding carboxylic acids is 1. The van der Waals surface area contributed by atoms with Crippen LogP contribution in [0.4, 0.5) is 0 Å². The highest BCUT2D eigenvalue weighted by Gasteiger charge is 2.12. The Bertz CT molecular complexity index is 543. The Morgan fingerprint density at radius 1 is 1.18 bits per heavy atom.